The molecule has 8 aromatic rings. The molecule has 0 saturated heterocycles. The quantitative estimate of drug-likeness (QED) is 0.165. The minimum absolute atomic E-state index is 0.00423. The molecular weight excluding hydrogens is 777 g/mol. The van der Waals surface area contributed by atoms with Crippen LogP contribution in [0, 0.1) is 6.92 Å². The maximum absolute atomic E-state index is 6.95. The fourth-order valence-electron chi connectivity index (χ4n) is 12.4. The monoisotopic (exact) mass is 835 g/mol. The van der Waals surface area contributed by atoms with Crippen molar-refractivity contribution >= 4 is 90.5 Å². The van der Waals surface area contributed by atoms with Crippen molar-refractivity contribution in [2.45, 2.75) is 110 Å². The molecule has 12 rings (SSSR count). The summed E-state index contributed by atoms with van der Waals surface area (Å²) in [7, 11) is 0. The molecule has 64 heavy (non-hydrogen) atoms. The van der Waals surface area contributed by atoms with Gasteiger partial charge in [0, 0.05) is 56.0 Å². The number of anilines is 8. The topological polar surface area (TPSA) is 22.9 Å². The standard InChI is InChI=1S/C59H58BN3O/c1-37-33-51-54-52(34-37)62(49-21-16-18-43-42-17-10-13-22-53(42)64-55(43)49)50-36-41(63-47-20-12-11-19-44(47)58(8)31-14-15-32-59(58,63)9)28-29-45(50)60(54)46-35-39(57(5,6)7)25-30-48(46)61(51)40-26-23-38(24-27-40)56(2,3)4/h10-13,16-30,33-36H,14-15,31-32H2,1-9H3. The van der Waals surface area contributed by atoms with Crippen LogP contribution in [0.15, 0.2) is 144 Å². The van der Waals surface area contributed by atoms with Crippen molar-refractivity contribution < 1.29 is 4.42 Å². The molecule has 4 nitrogen and oxygen atoms in total. The first-order chi connectivity index (χ1) is 30.7. The number of para-hydroxylation sites is 3. The van der Waals surface area contributed by atoms with Crippen LogP contribution in [-0.4, -0.2) is 12.3 Å². The third-order valence-electron chi connectivity index (χ3n) is 15.9. The van der Waals surface area contributed by atoms with Gasteiger partial charge in [0.15, 0.2) is 5.58 Å². The number of nitrogens with zero attached hydrogens (tertiary/aromatic N) is 3. The van der Waals surface area contributed by atoms with Gasteiger partial charge in [0.05, 0.1) is 11.2 Å². The van der Waals surface area contributed by atoms with Gasteiger partial charge in [0.2, 0.25) is 0 Å². The van der Waals surface area contributed by atoms with Gasteiger partial charge in [-0.15, -0.1) is 0 Å². The number of furan rings is 1. The fraction of sp³-hybridized carbons (Fsp3) is 0.288. The first-order valence-corrected chi connectivity index (χ1v) is 23.6. The Balaban J connectivity index is 1.17. The zero-order chi connectivity index (χ0) is 44.1. The molecule has 0 amide bonds. The summed E-state index contributed by atoms with van der Waals surface area (Å²) in [6.45, 7) is 21.3. The Kier molecular flexibility index (Phi) is 8.26. The average Bonchev–Trinajstić information content (AvgIpc) is 3.75. The summed E-state index contributed by atoms with van der Waals surface area (Å²) in [6, 6.07) is 53.4. The van der Waals surface area contributed by atoms with Gasteiger partial charge in [0.25, 0.3) is 6.71 Å². The zero-order valence-electron chi connectivity index (χ0n) is 38.9. The Morgan fingerprint density at radius 1 is 0.531 bits per heavy atom. The molecule has 2 atom stereocenters. The Morgan fingerprint density at radius 2 is 1.19 bits per heavy atom. The largest absolute Gasteiger partial charge is 0.454 e. The molecule has 0 radical (unpaired) electrons. The molecule has 318 valence electrons. The van der Waals surface area contributed by atoms with Crippen LogP contribution in [-0.2, 0) is 16.2 Å². The van der Waals surface area contributed by atoms with Crippen LogP contribution in [0.1, 0.15) is 103 Å². The van der Waals surface area contributed by atoms with Gasteiger partial charge in [-0.2, -0.15) is 0 Å². The van der Waals surface area contributed by atoms with E-state index in [2.05, 4.69) is 217 Å². The molecular formula is C59H58BN3O. The second kappa shape index (κ2) is 13.4. The maximum Gasteiger partial charge on any atom is 0.252 e. The van der Waals surface area contributed by atoms with E-state index in [-0.39, 0.29) is 28.5 Å². The van der Waals surface area contributed by atoms with Gasteiger partial charge >= 0.3 is 0 Å². The molecule has 4 aliphatic rings. The lowest BCUT2D eigenvalue weighted by Gasteiger charge is -2.50. The van der Waals surface area contributed by atoms with E-state index < -0.39 is 0 Å². The average molecular weight is 836 g/mol. The van der Waals surface area contributed by atoms with Crippen molar-refractivity contribution in [1.82, 2.24) is 0 Å². The number of fused-ring (bicyclic) bond motifs is 10. The summed E-state index contributed by atoms with van der Waals surface area (Å²) in [4.78, 5) is 7.84. The SMILES string of the molecule is Cc1cc2c3c(c1)N(c1cccc4c1oc1ccccc14)c1cc(N4c5ccccc5C5(C)CCCCC45C)ccc1B3c1cc(C(C)(C)C)ccc1N2c1ccc(C(C)(C)C)cc1. The summed E-state index contributed by atoms with van der Waals surface area (Å²) < 4.78 is 6.95. The van der Waals surface area contributed by atoms with Crippen LogP contribution in [0.4, 0.5) is 45.5 Å². The Hall–Kier alpha value is -6.20. The highest BCUT2D eigenvalue weighted by Crippen LogP contribution is 2.61. The maximum atomic E-state index is 6.95. The van der Waals surface area contributed by atoms with Gasteiger partial charge in [0.1, 0.15) is 5.58 Å². The number of rotatable bonds is 3. The van der Waals surface area contributed by atoms with Gasteiger partial charge in [-0.05, 0) is 137 Å². The van der Waals surface area contributed by atoms with Crippen molar-refractivity contribution in [3.63, 3.8) is 0 Å². The van der Waals surface area contributed by atoms with Crippen LogP contribution < -0.4 is 31.1 Å². The van der Waals surface area contributed by atoms with Crippen LogP contribution in [0.25, 0.3) is 21.9 Å². The molecule has 1 saturated carbocycles. The summed E-state index contributed by atoms with van der Waals surface area (Å²) in [5, 5.41) is 2.27. The summed E-state index contributed by atoms with van der Waals surface area (Å²) >= 11 is 0. The molecule has 7 aromatic carbocycles. The highest BCUT2D eigenvalue weighted by molar-refractivity contribution is 7.00. The first kappa shape index (κ1) is 39.4. The summed E-state index contributed by atoms with van der Waals surface area (Å²) in [6.07, 6.45) is 4.85. The molecule has 0 spiro atoms. The van der Waals surface area contributed by atoms with Crippen LogP contribution in [0.2, 0.25) is 0 Å². The highest BCUT2D eigenvalue weighted by Gasteiger charge is 2.58. The van der Waals surface area contributed by atoms with E-state index in [4.69, 9.17) is 4.42 Å². The molecule has 1 fully saturated rings. The summed E-state index contributed by atoms with van der Waals surface area (Å²) in [5.41, 5.74) is 20.9. The van der Waals surface area contributed by atoms with E-state index in [1.54, 1.807) is 0 Å². The third kappa shape index (κ3) is 5.42. The second-order valence-corrected chi connectivity index (χ2v) is 21.8. The third-order valence-corrected chi connectivity index (χ3v) is 15.9. The van der Waals surface area contributed by atoms with E-state index in [1.807, 2.05) is 0 Å². The zero-order valence-corrected chi connectivity index (χ0v) is 38.9. The van der Waals surface area contributed by atoms with Gasteiger partial charge in [-0.25, -0.2) is 0 Å². The molecule has 1 aromatic heterocycles. The molecule has 4 heterocycles. The lowest BCUT2D eigenvalue weighted by molar-refractivity contribution is 0.195. The first-order valence-electron chi connectivity index (χ1n) is 23.6. The highest BCUT2D eigenvalue weighted by atomic mass is 16.3. The Bertz CT molecular complexity index is 3220. The molecule has 3 aliphatic heterocycles. The van der Waals surface area contributed by atoms with Crippen molar-refractivity contribution in [3.8, 4) is 0 Å². The molecule has 1 aliphatic carbocycles. The number of aryl methyl sites for hydroxylation is 1. The van der Waals surface area contributed by atoms with Gasteiger partial charge < -0.3 is 19.1 Å². The molecule has 0 N–H and O–H groups in total. The number of benzene rings is 7. The smallest absolute Gasteiger partial charge is 0.252 e. The predicted molar refractivity (Wildman–Crippen MR) is 273 cm³/mol. The fourth-order valence-corrected chi connectivity index (χ4v) is 12.4. The van der Waals surface area contributed by atoms with E-state index >= 15 is 0 Å². The van der Waals surface area contributed by atoms with Crippen molar-refractivity contribution in [2.75, 3.05) is 14.7 Å². The lowest BCUT2D eigenvalue weighted by Crippen LogP contribution is -2.61. The van der Waals surface area contributed by atoms with Gasteiger partial charge in [-0.1, -0.05) is 140 Å². The molecule has 5 heteroatoms. The summed E-state index contributed by atoms with van der Waals surface area (Å²) in [5.74, 6) is 0. The normalized spacial score (nSPS) is 20.0. The van der Waals surface area contributed by atoms with E-state index in [0.29, 0.717) is 0 Å². The minimum atomic E-state index is -0.0643. The van der Waals surface area contributed by atoms with E-state index in [9.17, 15) is 0 Å². The molecule has 2 unspecified atom stereocenters. The second-order valence-electron chi connectivity index (χ2n) is 21.8. The number of hydrogen-bond donors (Lipinski definition) is 0. The van der Waals surface area contributed by atoms with Gasteiger partial charge in [-0.3, -0.25) is 0 Å². The van der Waals surface area contributed by atoms with Crippen LogP contribution >= 0.6 is 0 Å². The van der Waals surface area contributed by atoms with Crippen LogP contribution in [0.5, 0.6) is 0 Å². The van der Waals surface area contributed by atoms with Crippen molar-refractivity contribution in [2.24, 2.45) is 0 Å². The number of hydrogen-bond acceptors (Lipinski definition) is 4. The minimum Gasteiger partial charge on any atom is -0.454 e. The molecule has 0 bridgehead atoms. The Morgan fingerprint density at radius 3 is 1.97 bits per heavy atom. The van der Waals surface area contributed by atoms with E-state index in [1.165, 1.54) is 97.7 Å². The van der Waals surface area contributed by atoms with Crippen molar-refractivity contribution in [1.29, 1.82) is 0 Å². The van der Waals surface area contributed by atoms with Crippen LogP contribution in [0.3, 0.4) is 0 Å². The predicted octanol–water partition coefficient (Wildman–Crippen LogP) is 14.3. The van der Waals surface area contributed by atoms with E-state index in [0.717, 1.165) is 34.0 Å². The lowest BCUT2D eigenvalue weighted by atomic mass is 9.33. The Labute approximate surface area is 379 Å². The van der Waals surface area contributed by atoms with Crippen molar-refractivity contribution in [3.05, 3.63) is 162 Å².